The van der Waals surface area contributed by atoms with Crippen molar-refractivity contribution in [3.05, 3.63) is 47.7 Å². The highest BCUT2D eigenvalue weighted by molar-refractivity contribution is 5.85. The molecule has 0 bridgehead atoms. The highest BCUT2D eigenvalue weighted by atomic mass is 15.0. The van der Waals surface area contributed by atoms with Crippen molar-refractivity contribution >= 4 is 22.9 Å². The lowest BCUT2D eigenvalue weighted by molar-refractivity contribution is 0.624. The molecule has 4 rings (SSSR count). The fourth-order valence-electron chi connectivity index (χ4n) is 3.15. The van der Waals surface area contributed by atoms with Crippen LogP contribution in [0.5, 0.6) is 0 Å². The molecule has 1 unspecified atom stereocenters. The summed E-state index contributed by atoms with van der Waals surface area (Å²) in [6.07, 6.45) is 5.93. The van der Waals surface area contributed by atoms with Crippen LogP contribution in [0.15, 0.2) is 47.1 Å². The van der Waals surface area contributed by atoms with Crippen LogP contribution in [-0.4, -0.2) is 30.5 Å². The van der Waals surface area contributed by atoms with E-state index >= 15 is 0 Å². The van der Waals surface area contributed by atoms with E-state index in [0.717, 1.165) is 42.7 Å². The third-order valence-corrected chi connectivity index (χ3v) is 4.24. The van der Waals surface area contributed by atoms with Crippen molar-refractivity contribution in [3.63, 3.8) is 0 Å². The van der Waals surface area contributed by atoms with Gasteiger partial charge in [-0.1, -0.05) is 18.2 Å². The molecule has 1 fully saturated rings. The molecule has 0 aliphatic carbocycles. The lowest BCUT2D eigenvalue weighted by Gasteiger charge is -2.24. The lowest BCUT2D eigenvalue weighted by atomic mass is 9.95. The number of hydrogen-bond donors (Lipinski definition) is 2. The standard InChI is InChI=1S/C17H18N4/c1-2-4-15-12(3-1)9-13(10-19-15)17-14-5-7-18-8-6-16(14)20-11-21-17/h1-4,9-11,16,18H,5-8H2,(H,20,21). The van der Waals surface area contributed by atoms with Crippen LogP contribution in [0.25, 0.3) is 16.6 Å². The number of nitrogens with zero attached hydrogens (tertiary/aromatic N) is 2. The fraction of sp³-hybridized carbons (Fsp3) is 0.294. The van der Waals surface area contributed by atoms with Crippen molar-refractivity contribution in [2.45, 2.75) is 18.9 Å². The lowest BCUT2D eigenvalue weighted by Crippen LogP contribution is -2.33. The van der Waals surface area contributed by atoms with Crippen LogP contribution in [-0.2, 0) is 0 Å². The van der Waals surface area contributed by atoms with Gasteiger partial charge in [0.2, 0.25) is 0 Å². The molecular formula is C17H18N4. The number of pyridine rings is 1. The van der Waals surface area contributed by atoms with Crippen molar-refractivity contribution in [1.29, 1.82) is 0 Å². The van der Waals surface area contributed by atoms with Gasteiger partial charge >= 0.3 is 0 Å². The van der Waals surface area contributed by atoms with Gasteiger partial charge < -0.3 is 10.6 Å². The summed E-state index contributed by atoms with van der Waals surface area (Å²) < 4.78 is 0. The average molecular weight is 278 g/mol. The summed E-state index contributed by atoms with van der Waals surface area (Å²) in [5.41, 5.74) is 4.65. The number of benzene rings is 1. The quantitative estimate of drug-likeness (QED) is 0.841. The second-order valence-corrected chi connectivity index (χ2v) is 5.56. The molecule has 1 aromatic heterocycles. The highest BCUT2D eigenvalue weighted by Gasteiger charge is 2.23. The molecule has 4 heteroatoms. The van der Waals surface area contributed by atoms with Crippen LogP contribution in [0.3, 0.4) is 0 Å². The maximum Gasteiger partial charge on any atom is 0.0891 e. The first kappa shape index (κ1) is 12.5. The first-order valence-electron chi connectivity index (χ1n) is 7.49. The van der Waals surface area contributed by atoms with Crippen molar-refractivity contribution in [3.8, 4) is 0 Å². The zero-order valence-corrected chi connectivity index (χ0v) is 11.8. The molecular weight excluding hydrogens is 260 g/mol. The summed E-state index contributed by atoms with van der Waals surface area (Å²) in [5, 5.41) is 8.01. The predicted octanol–water partition coefficient (Wildman–Crippen LogP) is 2.33. The molecule has 1 aromatic carbocycles. The number of rotatable bonds is 1. The monoisotopic (exact) mass is 278 g/mol. The molecule has 1 atom stereocenters. The molecule has 1 saturated heterocycles. The largest absolute Gasteiger partial charge is 0.369 e. The van der Waals surface area contributed by atoms with E-state index < -0.39 is 0 Å². The molecule has 0 radical (unpaired) electrons. The Kier molecular flexibility index (Phi) is 3.16. The smallest absolute Gasteiger partial charge is 0.0891 e. The topological polar surface area (TPSA) is 49.3 Å². The fourth-order valence-corrected chi connectivity index (χ4v) is 3.15. The van der Waals surface area contributed by atoms with Gasteiger partial charge in [0.1, 0.15) is 0 Å². The summed E-state index contributed by atoms with van der Waals surface area (Å²) in [6.45, 7) is 2.08. The maximum absolute atomic E-state index is 4.61. The molecule has 0 saturated carbocycles. The second kappa shape index (κ2) is 5.30. The van der Waals surface area contributed by atoms with Crippen molar-refractivity contribution in [2.75, 3.05) is 13.1 Å². The summed E-state index contributed by atoms with van der Waals surface area (Å²) >= 11 is 0. The van der Waals surface area contributed by atoms with E-state index in [1.165, 1.54) is 11.0 Å². The Morgan fingerprint density at radius 2 is 2.10 bits per heavy atom. The number of aliphatic imine (C=N–C) groups is 1. The van der Waals surface area contributed by atoms with Crippen LogP contribution in [0, 0.1) is 0 Å². The van der Waals surface area contributed by atoms with Crippen molar-refractivity contribution in [1.82, 2.24) is 15.6 Å². The number of fused-ring (bicyclic) bond motifs is 2. The van der Waals surface area contributed by atoms with E-state index in [1.807, 2.05) is 24.7 Å². The Morgan fingerprint density at radius 1 is 1.14 bits per heavy atom. The molecule has 2 aliphatic rings. The molecule has 0 spiro atoms. The average Bonchev–Trinajstić information content (AvgIpc) is 2.79. The minimum atomic E-state index is 0.402. The van der Waals surface area contributed by atoms with Crippen LogP contribution < -0.4 is 10.6 Å². The SMILES string of the molecule is C1=NC(c2cnc3ccccc3c2)=C2CCNCCC2N1. The summed E-state index contributed by atoms with van der Waals surface area (Å²) in [4.78, 5) is 9.18. The normalized spacial score (nSPS) is 21.8. The van der Waals surface area contributed by atoms with Gasteiger partial charge in [0.25, 0.3) is 0 Å². The summed E-state index contributed by atoms with van der Waals surface area (Å²) in [5.74, 6) is 0. The molecule has 21 heavy (non-hydrogen) atoms. The third kappa shape index (κ3) is 2.32. The second-order valence-electron chi connectivity index (χ2n) is 5.56. The molecule has 4 nitrogen and oxygen atoms in total. The van der Waals surface area contributed by atoms with Crippen LogP contribution in [0.1, 0.15) is 18.4 Å². The van der Waals surface area contributed by atoms with Crippen LogP contribution in [0.2, 0.25) is 0 Å². The van der Waals surface area contributed by atoms with Gasteiger partial charge in [-0.3, -0.25) is 4.98 Å². The molecule has 0 amide bonds. The van der Waals surface area contributed by atoms with Gasteiger partial charge in [0.15, 0.2) is 0 Å². The maximum atomic E-state index is 4.61. The van der Waals surface area contributed by atoms with Gasteiger partial charge in [0, 0.05) is 17.1 Å². The Morgan fingerprint density at radius 3 is 3.10 bits per heavy atom. The number of para-hydroxylation sites is 1. The zero-order valence-electron chi connectivity index (χ0n) is 11.8. The Bertz CT molecular complexity index is 732. The molecule has 106 valence electrons. The number of hydrogen-bond acceptors (Lipinski definition) is 4. The molecule has 2 aromatic rings. The summed E-state index contributed by atoms with van der Waals surface area (Å²) in [6, 6.07) is 10.8. The van der Waals surface area contributed by atoms with Crippen molar-refractivity contribution < 1.29 is 0 Å². The number of aromatic nitrogens is 1. The molecule has 3 heterocycles. The van der Waals surface area contributed by atoms with E-state index in [4.69, 9.17) is 0 Å². The van der Waals surface area contributed by atoms with Gasteiger partial charge in [-0.15, -0.1) is 0 Å². The third-order valence-electron chi connectivity index (χ3n) is 4.24. The first-order valence-corrected chi connectivity index (χ1v) is 7.49. The molecule has 2 N–H and O–H groups in total. The Hall–Kier alpha value is -2.20. The Balaban J connectivity index is 1.83. The number of nitrogens with one attached hydrogen (secondary N) is 2. The van der Waals surface area contributed by atoms with Crippen LogP contribution >= 0.6 is 0 Å². The van der Waals surface area contributed by atoms with E-state index in [1.54, 1.807) is 0 Å². The highest BCUT2D eigenvalue weighted by Crippen LogP contribution is 2.29. The van der Waals surface area contributed by atoms with Gasteiger partial charge in [-0.2, -0.15) is 0 Å². The van der Waals surface area contributed by atoms with Crippen LogP contribution in [0.4, 0.5) is 0 Å². The molecule has 2 aliphatic heterocycles. The van der Waals surface area contributed by atoms with E-state index in [2.05, 4.69) is 38.8 Å². The van der Waals surface area contributed by atoms with Crippen molar-refractivity contribution in [2.24, 2.45) is 4.99 Å². The summed E-state index contributed by atoms with van der Waals surface area (Å²) in [7, 11) is 0. The Labute approximate surface area is 124 Å². The van der Waals surface area contributed by atoms with Gasteiger partial charge in [-0.25, -0.2) is 4.99 Å². The van der Waals surface area contributed by atoms with E-state index in [9.17, 15) is 0 Å². The van der Waals surface area contributed by atoms with E-state index in [-0.39, 0.29) is 0 Å². The first-order chi connectivity index (χ1) is 10.4. The van der Waals surface area contributed by atoms with E-state index in [0.29, 0.717) is 6.04 Å². The predicted molar refractivity (Wildman–Crippen MR) is 86.2 cm³/mol. The van der Waals surface area contributed by atoms with Gasteiger partial charge in [-0.05, 0) is 43.6 Å². The zero-order chi connectivity index (χ0) is 14.1. The minimum Gasteiger partial charge on any atom is -0.369 e. The minimum absolute atomic E-state index is 0.402. The van der Waals surface area contributed by atoms with Gasteiger partial charge in [0.05, 0.1) is 23.6 Å².